The summed E-state index contributed by atoms with van der Waals surface area (Å²) in [7, 11) is 0. The van der Waals surface area contributed by atoms with E-state index in [4.69, 9.17) is 0 Å². The number of benzene rings is 1. The summed E-state index contributed by atoms with van der Waals surface area (Å²) in [5.74, 6) is 0.235. The molecule has 0 aromatic heterocycles. The maximum Gasteiger partial charge on any atom is 0.239 e. The standard InChI is InChI=1S/C17H26N2O/c1-12-9-13(2)11-16(10-12)14(3)18-15(4)17(20)19-7-5-6-8-19/h9-11,14-15,18H,5-8H2,1-4H3. The van der Waals surface area contributed by atoms with Gasteiger partial charge in [-0.25, -0.2) is 0 Å². The molecule has 2 unspecified atom stereocenters. The molecule has 0 bridgehead atoms. The zero-order valence-electron chi connectivity index (χ0n) is 13.1. The minimum atomic E-state index is -0.121. The van der Waals surface area contributed by atoms with Crippen molar-refractivity contribution in [3.8, 4) is 0 Å². The van der Waals surface area contributed by atoms with Gasteiger partial charge in [0.2, 0.25) is 5.91 Å². The largest absolute Gasteiger partial charge is 0.341 e. The van der Waals surface area contributed by atoms with Crippen molar-refractivity contribution in [3.63, 3.8) is 0 Å². The second-order valence-electron chi connectivity index (χ2n) is 6.06. The van der Waals surface area contributed by atoms with Gasteiger partial charge in [-0.05, 0) is 46.1 Å². The lowest BCUT2D eigenvalue weighted by Crippen LogP contribution is -2.44. The average Bonchev–Trinajstić information content (AvgIpc) is 2.90. The topological polar surface area (TPSA) is 32.3 Å². The quantitative estimate of drug-likeness (QED) is 0.915. The molecular formula is C17H26N2O. The van der Waals surface area contributed by atoms with Crippen LogP contribution in [0.15, 0.2) is 18.2 Å². The van der Waals surface area contributed by atoms with Gasteiger partial charge in [-0.2, -0.15) is 0 Å². The number of aryl methyl sites for hydroxylation is 2. The number of nitrogens with zero attached hydrogens (tertiary/aromatic N) is 1. The molecule has 1 fully saturated rings. The molecule has 0 saturated carbocycles. The van der Waals surface area contributed by atoms with Crippen LogP contribution < -0.4 is 5.32 Å². The normalized spacial score (nSPS) is 18.1. The highest BCUT2D eigenvalue weighted by Crippen LogP contribution is 2.18. The first-order valence-corrected chi connectivity index (χ1v) is 7.60. The molecule has 3 nitrogen and oxygen atoms in total. The van der Waals surface area contributed by atoms with Gasteiger partial charge < -0.3 is 4.90 Å². The van der Waals surface area contributed by atoms with E-state index < -0.39 is 0 Å². The van der Waals surface area contributed by atoms with E-state index in [1.807, 2.05) is 11.8 Å². The van der Waals surface area contributed by atoms with Crippen molar-refractivity contribution in [2.75, 3.05) is 13.1 Å². The zero-order valence-corrected chi connectivity index (χ0v) is 13.1. The summed E-state index contributed by atoms with van der Waals surface area (Å²) >= 11 is 0. The van der Waals surface area contributed by atoms with Crippen LogP contribution in [0.4, 0.5) is 0 Å². The lowest BCUT2D eigenvalue weighted by atomic mass is 10.0. The molecule has 1 aliphatic heterocycles. The number of carbonyl (C=O) groups is 1. The number of carbonyl (C=O) groups excluding carboxylic acids is 1. The molecule has 1 saturated heterocycles. The summed E-state index contributed by atoms with van der Waals surface area (Å²) in [6.07, 6.45) is 2.29. The number of likely N-dealkylation sites (tertiary alicyclic amines) is 1. The van der Waals surface area contributed by atoms with E-state index in [0.717, 1.165) is 25.9 Å². The highest BCUT2D eigenvalue weighted by atomic mass is 16.2. The van der Waals surface area contributed by atoms with Crippen LogP contribution in [0.3, 0.4) is 0 Å². The number of hydrogen-bond acceptors (Lipinski definition) is 2. The van der Waals surface area contributed by atoms with Crippen molar-refractivity contribution in [1.82, 2.24) is 10.2 Å². The predicted molar refractivity (Wildman–Crippen MR) is 82.7 cm³/mol. The van der Waals surface area contributed by atoms with Gasteiger partial charge in [-0.15, -0.1) is 0 Å². The van der Waals surface area contributed by atoms with Gasteiger partial charge in [0.05, 0.1) is 6.04 Å². The maximum absolute atomic E-state index is 12.3. The Balaban J connectivity index is 1.99. The fourth-order valence-electron chi connectivity index (χ4n) is 3.01. The first-order chi connectivity index (χ1) is 9.47. The molecule has 1 aromatic rings. The minimum absolute atomic E-state index is 0.121. The Morgan fingerprint density at radius 2 is 1.65 bits per heavy atom. The highest BCUT2D eigenvalue weighted by Gasteiger charge is 2.24. The molecule has 0 aliphatic carbocycles. The highest BCUT2D eigenvalue weighted by molar-refractivity contribution is 5.81. The molecule has 20 heavy (non-hydrogen) atoms. The van der Waals surface area contributed by atoms with Crippen LogP contribution in [-0.4, -0.2) is 29.9 Å². The van der Waals surface area contributed by atoms with Crippen LogP contribution in [0.2, 0.25) is 0 Å². The molecule has 3 heteroatoms. The van der Waals surface area contributed by atoms with Crippen LogP contribution >= 0.6 is 0 Å². The number of amides is 1. The van der Waals surface area contributed by atoms with Gasteiger partial charge in [0.15, 0.2) is 0 Å². The van der Waals surface area contributed by atoms with E-state index in [1.165, 1.54) is 16.7 Å². The molecule has 1 heterocycles. The van der Waals surface area contributed by atoms with Gasteiger partial charge in [-0.1, -0.05) is 29.3 Å². The zero-order chi connectivity index (χ0) is 14.7. The fraction of sp³-hybridized carbons (Fsp3) is 0.588. The molecule has 1 aromatic carbocycles. The van der Waals surface area contributed by atoms with E-state index in [-0.39, 0.29) is 18.0 Å². The lowest BCUT2D eigenvalue weighted by Gasteiger charge is -2.24. The summed E-state index contributed by atoms with van der Waals surface area (Å²) < 4.78 is 0. The summed E-state index contributed by atoms with van der Waals surface area (Å²) in [4.78, 5) is 14.3. The van der Waals surface area contributed by atoms with Crippen molar-refractivity contribution < 1.29 is 4.79 Å². The fourth-order valence-corrected chi connectivity index (χ4v) is 3.01. The molecule has 1 N–H and O–H groups in total. The molecule has 2 atom stereocenters. The molecular weight excluding hydrogens is 248 g/mol. The second-order valence-corrected chi connectivity index (χ2v) is 6.06. The Morgan fingerprint density at radius 1 is 1.10 bits per heavy atom. The van der Waals surface area contributed by atoms with Gasteiger partial charge >= 0.3 is 0 Å². The van der Waals surface area contributed by atoms with Crippen molar-refractivity contribution in [2.24, 2.45) is 0 Å². The van der Waals surface area contributed by atoms with Crippen molar-refractivity contribution in [2.45, 2.75) is 52.6 Å². The van der Waals surface area contributed by atoms with Crippen LogP contribution in [0, 0.1) is 13.8 Å². The Kier molecular flexibility index (Phi) is 4.81. The summed E-state index contributed by atoms with van der Waals surface area (Å²) in [6.45, 7) is 10.2. The molecule has 110 valence electrons. The van der Waals surface area contributed by atoms with Crippen molar-refractivity contribution in [3.05, 3.63) is 34.9 Å². The third kappa shape index (κ3) is 3.60. The third-order valence-electron chi connectivity index (χ3n) is 4.03. The van der Waals surface area contributed by atoms with E-state index in [2.05, 4.69) is 44.3 Å². The third-order valence-corrected chi connectivity index (χ3v) is 4.03. The summed E-state index contributed by atoms with van der Waals surface area (Å²) in [5.41, 5.74) is 3.79. The smallest absolute Gasteiger partial charge is 0.239 e. The van der Waals surface area contributed by atoms with Crippen LogP contribution in [0.25, 0.3) is 0 Å². The number of rotatable bonds is 4. The van der Waals surface area contributed by atoms with Crippen LogP contribution in [0.5, 0.6) is 0 Å². The second kappa shape index (κ2) is 6.40. The van der Waals surface area contributed by atoms with Gasteiger partial charge in [-0.3, -0.25) is 10.1 Å². The SMILES string of the molecule is Cc1cc(C)cc(C(C)NC(C)C(=O)N2CCCC2)c1. The average molecular weight is 274 g/mol. The number of nitrogens with one attached hydrogen (secondary N) is 1. The lowest BCUT2D eigenvalue weighted by molar-refractivity contribution is -0.132. The van der Waals surface area contributed by atoms with E-state index in [1.54, 1.807) is 0 Å². The van der Waals surface area contributed by atoms with Crippen LogP contribution in [0.1, 0.15) is 49.4 Å². The molecule has 0 spiro atoms. The molecule has 1 aliphatic rings. The summed E-state index contributed by atoms with van der Waals surface area (Å²) in [6, 6.07) is 6.63. The van der Waals surface area contributed by atoms with Crippen molar-refractivity contribution >= 4 is 5.91 Å². The van der Waals surface area contributed by atoms with Crippen LogP contribution in [-0.2, 0) is 4.79 Å². The Labute approximate surface area is 122 Å². The Morgan fingerprint density at radius 3 is 2.20 bits per heavy atom. The monoisotopic (exact) mass is 274 g/mol. The van der Waals surface area contributed by atoms with Crippen molar-refractivity contribution in [1.29, 1.82) is 0 Å². The molecule has 0 radical (unpaired) electrons. The summed E-state index contributed by atoms with van der Waals surface area (Å²) in [5, 5.41) is 3.44. The minimum Gasteiger partial charge on any atom is -0.341 e. The van der Waals surface area contributed by atoms with E-state index >= 15 is 0 Å². The molecule has 2 rings (SSSR count). The first-order valence-electron chi connectivity index (χ1n) is 7.60. The number of hydrogen-bond donors (Lipinski definition) is 1. The molecule has 1 amide bonds. The first kappa shape index (κ1) is 15.0. The Hall–Kier alpha value is -1.35. The maximum atomic E-state index is 12.3. The van der Waals surface area contributed by atoms with E-state index in [0.29, 0.717) is 0 Å². The van der Waals surface area contributed by atoms with Gasteiger partial charge in [0.1, 0.15) is 0 Å². The van der Waals surface area contributed by atoms with E-state index in [9.17, 15) is 4.79 Å². The predicted octanol–water partition coefficient (Wildman–Crippen LogP) is 2.96. The van der Waals surface area contributed by atoms with Gasteiger partial charge in [0, 0.05) is 19.1 Å². The Bertz CT molecular complexity index is 458. The van der Waals surface area contributed by atoms with Gasteiger partial charge in [0.25, 0.3) is 0 Å².